The molecule has 3 N–H and O–H groups in total. The Labute approximate surface area is 175 Å². The summed E-state index contributed by atoms with van der Waals surface area (Å²) < 4.78 is 10.4. The molecule has 1 saturated heterocycles. The molecule has 3 heterocycles. The van der Waals surface area contributed by atoms with Crippen molar-refractivity contribution in [3.05, 3.63) is 32.1 Å². The van der Waals surface area contributed by atoms with Crippen molar-refractivity contribution in [2.45, 2.75) is 20.4 Å². The van der Waals surface area contributed by atoms with Gasteiger partial charge in [-0.2, -0.15) is 0 Å². The van der Waals surface area contributed by atoms with Gasteiger partial charge in [0.1, 0.15) is 15.7 Å². The third kappa shape index (κ3) is 4.99. The van der Waals surface area contributed by atoms with Crippen LogP contribution in [0, 0.1) is 6.92 Å². The zero-order valence-electron chi connectivity index (χ0n) is 16.1. The number of rotatable bonds is 7. The lowest BCUT2D eigenvalue weighted by molar-refractivity contribution is 0.0341. The summed E-state index contributed by atoms with van der Waals surface area (Å²) in [5.41, 5.74) is 6.17. The molecule has 29 heavy (non-hydrogen) atoms. The van der Waals surface area contributed by atoms with Crippen LogP contribution in [-0.2, 0) is 16.0 Å². The summed E-state index contributed by atoms with van der Waals surface area (Å²) in [5, 5.41) is 5.40. The Balaban J connectivity index is 1.77. The van der Waals surface area contributed by atoms with Gasteiger partial charge in [0.2, 0.25) is 0 Å². The van der Waals surface area contributed by atoms with Gasteiger partial charge in [-0.15, -0.1) is 22.7 Å². The first-order valence-electron chi connectivity index (χ1n) is 9.06. The normalized spacial score (nSPS) is 14.6. The minimum Gasteiger partial charge on any atom is -0.462 e. The number of primary amides is 1. The van der Waals surface area contributed by atoms with E-state index in [0.29, 0.717) is 25.3 Å². The summed E-state index contributed by atoms with van der Waals surface area (Å²) >= 11 is 2.35. The van der Waals surface area contributed by atoms with Crippen molar-refractivity contribution >= 4 is 45.5 Å². The number of nitrogens with one attached hydrogen (secondary N) is 1. The maximum atomic E-state index is 12.7. The molecular formula is C18H22N4O5S2. The molecule has 0 atom stereocenters. The van der Waals surface area contributed by atoms with Crippen LogP contribution >= 0.6 is 22.7 Å². The molecule has 0 spiro atoms. The number of morpholine rings is 1. The number of carbonyl (C=O) groups is 3. The van der Waals surface area contributed by atoms with Crippen LogP contribution in [-0.4, -0.2) is 60.6 Å². The largest absolute Gasteiger partial charge is 0.462 e. The zero-order valence-corrected chi connectivity index (χ0v) is 17.8. The topological polar surface area (TPSA) is 124 Å². The summed E-state index contributed by atoms with van der Waals surface area (Å²) in [7, 11) is 0. The van der Waals surface area contributed by atoms with Gasteiger partial charge in [-0.1, -0.05) is 0 Å². The van der Waals surface area contributed by atoms with Gasteiger partial charge in [0, 0.05) is 18.5 Å². The number of ether oxygens (including phenoxy) is 2. The number of aromatic nitrogens is 1. The van der Waals surface area contributed by atoms with Gasteiger partial charge in [-0.05, 0) is 19.4 Å². The summed E-state index contributed by atoms with van der Waals surface area (Å²) in [5.74, 6) is -1.74. The average Bonchev–Trinajstić information content (AvgIpc) is 3.27. The van der Waals surface area contributed by atoms with Crippen LogP contribution in [0.15, 0.2) is 5.38 Å². The molecule has 0 aromatic carbocycles. The summed E-state index contributed by atoms with van der Waals surface area (Å²) in [4.78, 5) is 43.5. The maximum absolute atomic E-state index is 12.7. The highest BCUT2D eigenvalue weighted by atomic mass is 32.1. The highest BCUT2D eigenvalue weighted by Crippen LogP contribution is 2.34. The molecule has 156 valence electrons. The second kappa shape index (κ2) is 9.44. The van der Waals surface area contributed by atoms with Gasteiger partial charge in [-0.3, -0.25) is 14.5 Å². The van der Waals surface area contributed by atoms with E-state index in [0.717, 1.165) is 29.4 Å². The lowest BCUT2D eigenvalue weighted by atomic mass is 10.1. The molecule has 0 radical (unpaired) electrons. The SMILES string of the molecule is CCOC(=O)c1c(NC(=O)c2csc(CN3CCOCC3)n2)sc(C(N)=O)c1C. The van der Waals surface area contributed by atoms with E-state index in [9.17, 15) is 14.4 Å². The molecule has 1 aliphatic heterocycles. The van der Waals surface area contributed by atoms with E-state index in [1.807, 2.05) is 0 Å². The summed E-state index contributed by atoms with van der Waals surface area (Å²) in [6.07, 6.45) is 0. The predicted molar refractivity (Wildman–Crippen MR) is 110 cm³/mol. The number of carbonyl (C=O) groups excluding carboxylic acids is 3. The second-order valence-corrected chi connectivity index (χ2v) is 8.28. The fraction of sp³-hybridized carbons (Fsp3) is 0.444. The minimum absolute atomic E-state index is 0.141. The van der Waals surface area contributed by atoms with E-state index in [4.69, 9.17) is 15.2 Å². The fourth-order valence-corrected chi connectivity index (χ4v) is 4.75. The van der Waals surface area contributed by atoms with Crippen molar-refractivity contribution in [3.63, 3.8) is 0 Å². The number of esters is 1. The van der Waals surface area contributed by atoms with E-state index >= 15 is 0 Å². The zero-order chi connectivity index (χ0) is 21.0. The Hall–Kier alpha value is -2.34. The van der Waals surface area contributed by atoms with Crippen molar-refractivity contribution < 1.29 is 23.9 Å². The third-order valence-corrected chi connectivity index (χ3v) is 6.38. The Bertz CT molecular complexity index is 917. The number of thiazole rings is 1. The Morgan fingerprint density at radius 1 is 1.34 bits per heavy atom. The number of nitrogens with two attached hydrogens (primary N) is 1. The van der Waals surface area contributed by atoms with Crippen molar-refractivity contribution in [1.29, 1.82) is 0 Å². The predicted octanol–water partition coefficient (Wildman–Crippen LogP) is 1.87. The van der Waals surface area contributed by atoms with Gasteiger partial charge in [0.15, 0.2) is 0 Å². The number of amides is 2. The van der Waals surface area contributed by atoms with Gasteiger partial charge < -0.3 is 20.5 Å². The molecule has 3 rings (SSSR count). The van der Waals surface area contributed by atoms with Crippen LogP contribution in [0.5, 0.6) is 0 Å². The second-order valence-electron chi connectivity index (χ2n) is 6.31. The number of anilines is 1. The summed E-state index contributed by atoms with van der Waals surface area (Å²) in [6.45, 7) is 7.14. The van der Waals surface area contributed by atoms with Crippen LogP contribution in [0.1, 0.15) is 48.0 Å². The molecule has 0 aliphatic carbocycles. The van der Waals surface area contributed by atoms with Crippen LogP contribution < -0.4 is 11.1 Å². The van der Waals surface area contributed by atoms with Crippen LogP contribution in [0.4, 0.5) is 5.00 Å². The minimum atomic E-state index is -0.667. The molecule has 2 aromatic rings. The van der Waals surface area contributed by atoms with Crippen molar-refractivity contribution in [2.24, 2.45) is 5.73 Å². The molecule has 2 amide bonds. The van der Waals surface area contributed by atoms with E-state index in [2.05, 4.69) is 15.2 Å². The first-order chi connectivity index (χ1) is 13.9. The summed E-state index contributed by atoms with van der Waals surface area (Å²) in [6, 6.07) is 0. The molecule has 0 unspecified atom stereocenters. The quantitative estimate of drug-likeness (QED) is 0.633. The van der Waals surface area contributed by atoms with Crippen LogP contribution in [0.3, 0.4) is 0 Å². The highest BCUT2D eigenvalue weighted by molar-refractivity contribution is 7.18. The van der Waals surface area contributed by atoms with Gasteiger partial charge in [0.25, 0.3) is 11.8 Å². The maximum Gasteiger partial charge on any atom is 0.341 e. The first kappa shape index (κ1) is 21.4. The highest BCUT2D eigenvalue weighted by Gasteiger charge is 2.26. The van der Waals surface area contributed by atoms with Crippen molar-refractivity contribution in [2.75, 3.05) is 38.2 Å². The molecule has 0 saturated carbocycles. The van der Waals surface area contributed by atoms with E-state index in [1.165, 1.54) is 11.3 Å². The Morgan fingerprint density at radius 3 is 2.72 bits per heavy atom. The van der Waals surface area contributed by atoms with Gasteiger partial charge in [0.05, 0.1) is 36.8 Å². The van der Waals surface area contributed by atoms with Crippen LogP contribution in [0.2, 0.25) is 0 Å². The Kier molecular flexibility index (Phi) is 6.96. The van der Waals surface area contributed by atoms with Crippen molar-refractivity contribution in [1.82, 2.24) is 9.88 Å². The monoisotopic (exact) mass is 438 g/mol. The molecule has 1 aliphatic rings. The van der Waals surface area contributed by atoms with Gasteiger partial charge >= 0.3 is 5.97 Å². The molecule has 11 heteroatoms. The smallest absolute Gasteiger partial charge is 0.341 e. The van der Waals surface area contributed by atoms with Crippen molar-refractivity contribution in [3.8, 4) is 0 Å². The number of nitrogens with zero attached hydrogens (tertiary/aromatic N) is 2. The van der Waals surface area contributed by atoms with E-state index in [1.54, 1.807) is 19.2 Å². The molecule has 9 nitrogen and oxygen atoms in total. The number of hydrogen-bond donors (Lipinski definition) is 2. The lowest BCUT2D eigenvalue weighted by Crippen LogP contribution is -2.35. The molecule has 0 bridgehead atoms. The number of thiophene rings is 1. The molecule has 2 aromatic heterocycles. The standard InChI is InChI=1S/C18H22N4O5S2/c1-3-27-18(25)13-10(2)14(15(19)23)29-17(13)21-16(24)11-9-28-12(20-11)8-22-4-6-26-7-5-22/h9H,3-8H2,1-2H3,(H2,19,23)(H,21,24). The average molecular weight is 439 g/mol. The fourth-order valence-electron chi connectivity index (χ4n) is 2.89. The van der Waals surface area contributed by atoms with E-state index < -0.39 is 17.8 Å². The lowest BCUT2D eigenvalue weighted by Gasteiger charge is -2.25. The first-order valence-corrected chi connectivity index (χ1v) is 10.8. The van der Waals surface area contributed by atoms with Crippen LogP contribution in [0.25, 0.3) is 0 Å². The van der Waals surface area contributed by atoms with E-state index in [-0.39, 0.29) is 27.7 Å². The molecular weight excluding hydrogens is 416 g/mol. The third-order valence-electron chi connectivity index (χ3n) is 4.32. The molecule has 1 fully saturated rings. The Morgan fingerprint density at radius 2 is 2.07 bits per heavy atom. The van der Waals surface area contributed by atoms with Gasteiger partial charge in [-0.25, -0.2) is 9.78 Å². The number of hydrogen-bond acceptors (Lipinski definition) is 9.